The molecule has 4 nitrogen and oxygen atoms in total. The fourth-order valence-corrected chi connectivity index (χ4v) is 5.25. The molecule has 2 unspecified atom stereocenters. The Morgan fingerprint density at radius 3 is 3.00 bits per heavy atom. The van der Waals surface area contributed by atoms with Crippen LogP contribution in [0.25, 0.3) is 0 Å². The zero-order valence-electron chi connectivity index (χ0n) is 10.2. The zero-order valence-corrected chi connectivity index (χ0v) is 11.8. The van der Waals surface area contributed by atoms with Gasteiger partial charge in [-0.2, -0.15) is 0 Å². The van der Waals surface area contributed by atoms with Crippen LogP contribution in [0.4, 0.5) is 0 Å². The Bertz CT molecular complexity index is 392. The highest BCUT2D eigenvalue weighted by Crippen LogP contribution is 2.24. The Morgan fingerprint density at radius 1 is 1.53 bits per heavy atom. The van der Waals surface area contributed by atoms with Crippen LogP contribution < -0.4 is 5.32 Å². The van der Waals surface area contributed by atoms with Gasteiger partial charge in [-0.15, -0.1) is 0 Å². The van der Waals surface area contributed by atoms with Crippen LogP contribution in [-0.2, 0) is 9.84 Å². The summed E-state index contributed by atoms with van der Waals surface area (Å²) in [6, 6.07) is 0. The number of aliphatic imine (C=N–C) groups is 1. The number of sulfone groups is 1. The Hall–Kier alpha value is -0.230. The fourth-order valence-electron chi connectivity index (χ4n) is 2.25. The van der Waals surface area contributed by atoms with Crippen LogP contribution in [0, 0.1) is 5.92 Å². The molecular formula is C11H20N2O2S2. The summed E-state index contributed by atoms with van der Waals surface area (Å²) in [6.45, 7) is 3.85. The van der Waals surface area contributed by atoms with Gasteiger partial charge in [0.1, 0.15) is 0 Å². The van der Waals surface area contributed by atoms with Gasteiger partial charge in [-0.25, -0.2) is 8.42 Å². The summed E-state index contributed by atoms with van der Waals surface area (Å²) in [5.41, 5.74) is 0. The van der Waals surface area contributed by atoms with Crippen molar-refractivity contribution in [3.63, 3.8) is 0 Å². The van der Waals surface area contributed by atoms with E-state index < -0.39 is 9.84 Å². The van der Waals surface area contributed by atoms with Gasteiger partial charge < -0.3 is 5.32 Å². The fraction of sp³-hybridized carbons (Fsp3) is 0.909. The molecule has 0 bridgehead atoms. The second kappa shape index (κ2) is 5.61. The number of thioether (sulfide) groups is 1. The minimum atomic E-state index is -2.75. The molecule has 0 aromatic heterocycles. The summed E-state index contributed by atoms with van der Waals surface area (Å²) in [4.78, 5) is 4.45. The van der Waals surface area contributed by atoms with Gasteiger partial charge in [0.25, 0.3) is 0 Å². The SMILES string of the molecule is CCCC1CN=C(NCC2CCS(=O)(=O)C2)S1. The van der Waals surface area contributed by atoms with Crippen LogP contribution in [-0.4, -0.2) is 43.4 Å². The van der Waals surface area contributed by atoms with E-state index in [9.17, 15) is 8.42 Å². The third kappa shape index (κ3) is 3.88. The third-order valence-electron chi connectivity index (χ3n) is 3.20. The van der Waals surface area contributed by atoms with Gasteiger partial charge in [-0.05, 0) is 18.8 Å². The van der Waals surface area contributed by atoms with Crippen LogP contribution >= 0.6 is 11.8 Å². The van der Waals surface area contributed by atoms with Gasteiger partial charge in [0, 0.05) is 11.8 Å². The van der Waals surface area contributed by atoms with E-state index in [-0.39, 0.29) is 5.92 Å². The highest BCUT2D eigenvalue weighted by Gasteiger charge is 2.28. The van der Waals surface area contributed by atoms with Gasteiger partial charge in [-0.3, -0.25) is 4.99 Å². The molecule has 2 aliphatic heterocycles. The van der Waals surface area contributed by atoms with E-state index in [2.05, 4.69) is 17.2 Å². The van der Waals surface area contributed by atoms with Gasteiger partial charge in [0.05, 0.1) is 18.1 Å². The zero-order chi connectivity index (χ0) is 12.3. The van der Waals surface area contributed by atoms with Crippen molar-refractivity contribution in [1.82, 2.24) is 5.32 Å². The highest BCUT2D eigenvalue weighted by molar-refractivity contribution is 8.14. The molecular weight excluding hydrogens is 256 g/mol. The Balaban J connectivity index is 1.70. The van der Waals surface area contributed by atoms with Gasteiger partial charge >= 0.3 is 0 Å². The van der Waals surface area contributed by atoms with Gasteiger partial charge in [0.2, 0.25) is 0 Å². The molecule has 0 aromatic carbocycles. The standard InChI is InChI=1S/C11H20N2O2S2/c1-2-3-10-7-13-11(16-10)12-6-9-4-5-17(14,15)8-9/h9-10H,2-8H2,1H3,(H,12,13). The second-order valence-electron chi connectivity index (χ2n) is 4.82. The normalized spacial score (nSPS) is 31.5. The molecule has 0 saturated carbocycles. The quantitative estimate of drug-likeness (QED) is 0.840. The molecule has 1 saturated heterocycles. The minimum absolute atomic E-state index is 0.272. The summed E-state index contributed by atoms with van der Waals surface area (Å²) >= 11 is 1.81. The van der Waals surface area contributed by atoms with Gasteiger partial charge in [0.15, 0.2) is 15.0 Å². The lowest BCUT2D eigenvalue weighted by atomic mass is 10.1. The number of nitrogens with zero attached hydrogens (tertiary/aromatic N) is 1. The monoisotopic (exact) mass is 276 g/mol. The van der Waals surface area contributed by atoms with Crippen molar-refractivity contribution >= 4 is 26.8 Å². The van der Waals surface area contributed by atoms with Crippen molar-refractivity contribution in [2.75, 3.05) is 24.6 Å². The van der Waals surface area contributed by atoms with E-state index in [0.717, 1.165) is 24.7 Å². The third-order valence-corrected chi connectivity index (χ3v) is 6.25. The van der Waals surface area contributed by atoms with Crippen molar-refractivity contribution in [3.8, 4) is 0 Å². The number of hydrogen-bond donors (Lipinski definition) is 1. The Labute approximate surface area is 108 Å². The van der Waals surface area contributed by atoms with E-state index in [0.29, 0.717) is 16.8 Å². The van der Waals surface area contributed by atoms with Crippen LogP contribution in [0.2, 0.25) is 0 Å². The van der Waals surface area contributed by atoms with Crippen molar-refractivity contribution < 1.29 is 8.42 Å². The van der Waals surface area contributed by atoms with E-state index >= 15 is 0 Å². The van der Waals surface area contributed by atoms with E-state index in [1.165, 1.54) is 12.8 Å². The molecule has 2 heterocycles. The molecule has 6 heteroatoms. The molecule has 1 fully saturated rings. The van der Waals surface area contributed by atoms with E-state index in [1.807, 2.05) is 11.8 Å². The van der Waals surface area contributed by atoms with Crippen molar-refractivity contribution in [3.05, 3.63) is 0 Å². The molecule has 0 spiro atoms. The lowest BCUT2D eigenvalue weighted by molar-refractivity contribution is 0.574. The first-order valence-electron chi connectivity index (χ1n) is 6.24. The topological polar surface area (TPSA) is 58.5 Å². The predicted octanol–water partition coefficient (Wildman–Crippen LogP) is 1.28. The molecule has 2 atom stereocenters. The first kappa shape index (κ1) is 13.2. The van der Waals surface area contributed by atoms with Crippen molar-refractivity contribution in [2.24, 2.45) is 10.9 Å². The maximum absolute atomic E-state index is 11.3. The summed E-state index contributed by atoms with van der Waals surface area (Å²) in [5.74, 6) is 0.974. The molecule has 0 radical (unpaired) electrons. The molecule has 2 rings (SSSR count). The highest BCUT2D eigenvalue weighted by atomic mass is 32.2. The summed E-state index contributed by atoms with van der Waals surface area (Å²) in [5, 5.41) is 4.93. The number of amidine groups is 1. The maximum atomic E-state index is 11.3. The maximum Gasteiger partial charge on any atom is 0.156 e. The second-order valence-corrected chi connectivity index (χ2v) is 8.34. The molecule has 0 aliphatic carbocycles. The molecule has 2 aliphatic rings. The summed E-state index contributed by atoms with van der Waals surface area (Å²) < 4.78 is 22.6. The van der Waals surface area contributed by atoms with E-state index in [1.54, 1.807) is 0 Å². The molecule has 98 valence electrons. The lowest BCUT2D eigenvalue weighted by Crippen LogP contribution is -2.27. The number of nitrogens with one attached hydrogen (secondary N) is 1. The van der Waals surface area contributed by atoms with Crippen molar-refractivity contribution in [1.29, 1.82) is 0 Å². The average Bonchev–Trinajstić information content (AvgIpc) is 2.83. The predicted molar refractivity (Wildman–Crippen MR) is 73.4 cm³/mol. The van der Waals surface area contributed by atoms with Crippen molar-refractivity contribution in [2.45, 2.75) is 31.4 Å². The Kier molecular flexibility index (Phi) is 4.36. The minimum Gasteiger partial charge on any atom is -0.365 e. The summed E-state index contributed by atoms with van der Waals surface area (Å²) in [6.07, 6.45) is 3.20. The molecule has 17 heavy (non-hydrogen) atoms. The average molecular weight is 276 g/mol. The molecule has 1 N–H and O–H groups in total. The first-order valence-corrected chi connectivity index (χ1v) is 8.94. The van der Waals surface area contributed by atoms with Crippen LogP contribution in [0.1, 0.15) is 26.2 Å². The molecule has 0 amide bonds. The van der Waals surface area contributed by atoms with Crippen LogP contribution in [0.15, 0.2) is 4.99 Å². The van der Waals surface area contributed by atoms with Crippen LogP contribution in [0.5, 0.6) is 0 Å². The van der Waals surface area contributed by atoms with E-state index in [4.69, 9.17) is 0 Å². The lowest BCUT2D eigenvalue weighted by Gasteiger charge is -2.11. The molecule has 0 aromatic rings. The number of hydrogen-bond acceptors (Lipinski definition) is 5. The first-order chi connectivity index (χ1) is 8.09. The van der Waals surface area contributed by atoms with Crippen LogP contribution in [0.3, 0.4) is 0 Å². The smallest absolute Gasteiger partial charge is 0.156 e. The van der Waals surface area contributed by atoms with Gasteiger partial charge in [-0.1, -0.05) is 25.1 Å². The number of rotatable bonds is 4. The largest absolute Gasteiger partial charge is 0.365 e. The Morgan fingerprint density at radius 2 is 2.35 bits per heavy atom. The summed E-state index contributed by atoms with van der Waals surface area (Å²) in [7, 11) is -2.75.